The average Bonchev–Trinajstić information content (AvgIpc) is 2.83. The van der Waals surface area contributed by atoms with Crippen LogP contribution in [0.15, 0.2) is 46.9 Å². The number of aryl methyl sites for hydroxylation is 1. The quantitative estimate of drug-likeness (QED) is 0.759. The molecule has 0 amide bonds. The molecule has 0 saturated carbocycles. The van der Waals surface area contributed by atoms with Gasteiger partial charge in [0.25, 0.3) is 6.01 Å². The standard InChI is InChI=1S/C15H12N2O3/c1-9-3-2-4-12-13(9)17-15(20-12)16-11-7-5-10(6-8-11)14(18)19/h2-8H,1H3,(H,16,17)(H,18,19). The van der Waals surface area contributed by atoms with Gasteiger partial charge in [-0.2, -0.15) is 4.98 Å². The van der Waals surface area contributed by atoms with Gasteiger partial charge in [0.05, 0.1) is 5.56 Å². The molecule has 0 aliphatic rings. The minimum absolute atomic E-state index is 0.240. The van der Waals surface area contributed by atoms with Crippen LogP contribution in [0, 0.1) is 6.92 Å². The van der Waals surface area contributed by atoms with Crippen molar-refractivity contribution >= 4 is 28.8 Å². The Morgan fingerprint density at radius 3 is 2.60 bits per heavy atom. The number of fused-ring (bicyclic) bond motifs is 1. The van der Waals surface area contributed by atoms with Gasteiger partial charge in [-0.3, -0.25) is 0 Å². The van der Waals surface area contributed by atoms with Gasteiger partial charge in [-0.1, -0.05) is 12.1 Å². The lowest BCUT2D eigenvalue weighted by Gasteiger charge is -2.01. The Morgan fingerprint density at radius 1 is 1.20 bits per heavy atom. The molecular weight excluding hydrogens is 256 g/mol. The summed E-state index contributed by atoms with van der Waals surface area (Å²) < 4.78 is 5.59. The van der Waals surface area contributed by atoms with Gasteiger partial charge in [0.1, 0.15) is 5.52 Å². The molecule has 0 saturated heterocycles. The summed E-state index contributed by atoms with van der Waals surface area (Å²) in [7, 11) is 0. The summed E-state index contributed by atoms with van der Waals surface area (Å²) in [4.78, 5) is 15.1. The number of nitrogens with one attached hydrogen (secondary N) is 1. The molecule has 0 spiro atoms. The highest BCUT2D eigenvalue weighted by Crippen LogP contribution is 2.24. The van der Waals surface area contributed by atoms with Crippen LogP contribution in [0.4, 0.5) is 11.7 Å². The van der Waals surface area contributed by atoms with Gasteiger partial charge in [-0.15, -0.1) is 0 Å². The monoisotopic (exact) mass is 268 g/mol. The third kappa shape index (κ3) is 2.21. The molecular formula is C15H12N2O3. The minimum Gasteiger partial charge on any atom is -0.478 e. The van der Waals surface area contributed by atoms with Crippen LogP contribution >= 0.6 is 0 Å². The van der Waals surface area contributed by atoms with Crippen molar-refractivity contribution in [2.24, 2.45) is 0 Å². The second kappa shape index (κ2) is 4.70. The zero-order valence-corrected chi connectivity index (χ0v) is 10.8. The molecule has 5 nitrogen and oxygen atoms in total. The molecule has 5 heteroatoms. The zero-order valence-electron chi connectivity index (χ0n) is 10.8. The van der Waals surface area contributed by atoms with E-state index in [9.17, 15) is 4.79 Å². The van der Waals surface area contributed by atoms with Crippen LogP contribution in [0.1, 0.15) is 15.9 Å². The van der Waals surface area contributed by atoms with E-state index in [1.54, 1.807) is 12.1 Å². The molecule has 0 bridgehead atoms. The van der Waals surface area contributed by atoms with Gasteiger partial charge in [-0.05, 0) is 42.8 Å². The number of carboxylic acid groups (broad SMARTS) is 1. The number of para-hydroxylation sites is 1. The Kier molecular flexibility index (Phi) is 2.87. The Morgan fingerprint density at radius 2 is 1.95 bits per heavy atom. The van der Waals surface area contributed by atoms with E-state index in [0.717, 1.165) is 22.4 Å². The molecule has 100 valence electrons. The minimum atomic E-state index is -0.950. The molecule has 2 N–H and O–H groups in total. The number of aromatic nitrogens is 1. The second-order valence-electron chi connectivity index (χ2n) is 4.45. The molecule has 0 atom stereocenters. The van der Waals surface area contributed by atoms with E-state index in [1.165, 1.54) is 12.1 Å². The summed E-state index contributed by atoms with van der Waals surface area (Å²) in [6, 6.07) is 12.5. The lowest BCUT2D eigenvalue weighted by molar-refractivity contribution is 0.0697. The van der Waals surface area contributed by atoms with Gasteiger partial charge in [-0.25, -0.2) is 4.79 Å². The molecule has 0 fully saturated rings. The van der Waals surface area contributed by atoms with Crippen molar-refractivity contribution in [1.82, 2.24) is 4.98 Å². The smallest absolute Gasteiger partial charge is 0.335 e. The molecule has 3 aromatic rings. The maximum absolute atomic E-state index is 10.8. The van der Waals surface area contributed by atoms with Crippen LogP contribution in [0.3, 0.4) is 0 Å². The van der Waals surface area contributed by atoms with E-state index in [0.29, 0.717) is 6.01 Å². The molecule has 1 heterocycles. The highest BCUT2D eigenvalue weighted by molar-refractivity contribution is 5.88. The topological polar surface area (TPSA) is 75.4 Å². The number of carbonyl (C=O) groups is 1. The van der Waals surface area contributed by atoms with Crippen LogP contribution in [0.25, 0.3) is 11.1 Å². The number of rotatable bonds is 3. The summed E-state index contributed by atoms with van der Waals surface area (Å²) in [6.45, 7) is 1.97. The fourth-order valence-corrected chi connectivity index (χ4v) is 1.96. The lowest BCUT2D eigenvalue weighted by atomic mass is 10.2. The highest BCUT2D eigenvalue weighted by Gasteiger charge is 2.08. The Hall–Kier alpha value is -2.82. The van der Waals surface area contributed by atoms with E-state index in [1.807, 2.05) is 25.1 Å². The van der Waals surface area contributed by atoms with Crippen molar-refractivity contribution in [2.75, 3.05) is 5.32 Å². The van der Waals surface area contributed by atoms with Crippen LogP contribution in [-0.4, -0.2) is 16.1 Å². The Balaban J connectivity index is 1.89. The van der Waals surface area contributed by atoms with E-state index >= 15 is 0 Å². The Bertz CT molecular complexity index is 775. The van der Waals surface area contributed by atoms with Gasteiger partial charge in [0.15, 0.2) is 5.58 Å². The third-order valence-electron chi connectivity index (χ3n) is 3.00. The fourth-order valence-electron chi connectivity index (χ4n) is 1.96. The van der Waals surface area contributed by atoms with Crippen molar-refractivity contribution in [1.29, 1.82) is 0 Å². The van der Waals surface area contributed by atoms with Gasteiger partial charge >= 0.3 is 5.97 Å². The Labute approximate surface area is 114 Å². The van der Waals surface area contributed by atoms with Crippen molar-refractivity contribution in [3.63, 3.8) is 0 Å². The summed E-state index contributed by atoms with van der Waals surface area (Å²) >= 11 is 0. The normalized spacial score (nSPS) is 10.7. The average molecular weight is 268 g/mol. The first-order valence-electron chi connectivity index (χ1n) is 6.10. The number of hydrogen-bond donors (Lipinski definition) is 2. The third-order valence-corrected chi connectivity index (χ3v) is 3.00. The van der Waals surface area contributed by atoms with Gasteiger partial charge < -0.3 is 14.8 Å². The zero-order chi connectivity index (χ0) is 14.1. The second-order valence-corrected chi connectivity index (χ2v) is 4.45. The largest absolute Gasteiger partial charge is 0.478 e. The molecule has 0 radical (unpaired) electrons. The van der Waals surface area contributed by atoms with Crippen molar-refractivity contribution in [3.8, 4) is 0 Å². The molecule has 0 aliphatic heterocycles. The molecule has 0 unspecified atom stereocenters. The molecule has 0 aliphatic carbocycles. The maximum Gasteiger partial charge on any atom is 0.335 e. The van der Waals surface area contributed by atoms with E-state index < -0.39 is 5.97 Å². The fraction of sp³-hybridized carbons (Fsp3) is 0.0667. The number of carboxylic acids is 1. The maximum atomic E-state index is 10.8. The summed E-state index contributed by atoms with van der Waals surface area (Å²) in [5.41, 5.74) is 3.54. The number of benzene rings is 2. The predicted octanol–water partition coefficient (Wildman–Crippen LogP) is 3.58. The number of nitrogens with zero attached hydrogens (tertiary/aromatic N) is 1. The molecule has 20 heavy (non-hydrogen) atoms. The van der Waals surface area contributed by atoms with Crippen LogP contribution in [0.2, 0.25) is 0 Å². The van der Waals surface area contributed by atoms with Crippen molar-refractivity contribution in [2.45, 2.75) is 6.92 Å². The molecule has 3 rings (SSSR count). The summed E-state index contributed by atoms with van der Waals surface area (Å²) in [5.74, 6) is -0.950. The van der Waals surface area contributed by atoms with E-state index in [4.69, 9.17) is 9.52 Å². The van der Waals surface area contributed by atoms with Crippen molar-refractivity contribution < 1.29 is 14.3 Å². The first-order valence-corrected chi connectivity index (χ1v) is 6.10. The number of hydrogen-bond acceptors (Lipinski definition) is 4. The van der Waals surface area contributed by atoms with Crippen LogP contribution < -0.4 is 5.32 Å². The van der Waals surface area contributed by atoms with Crippen LogP contribution in [-0.2, 0) is 0 Å². The first kappa shape index (κ1) is 12.2. The van der Waals surface area contributed by atoms with E-state index in [2.05, 4.69) is 10.3 Å². The highest BCUT2D eigenvalue weighted by atomic mass is 16.4. The SMILES string of the molecule is Cc1cccc2oc(Nc3ccc(C(=O)O)cc3)nc12. The van der Waals surface area contributed by atoms with E-state index in [-0.39, 0.29) is 5.56 Å². The lowest BCUT2D eigenvalue weighted by Crippen LogP contribution is -1.96. The first-order chi connectivity index (χ1) is 9.63. The summed E-state index contributed by atoms with van der Waals surface area (Å²) in [5, 5.41) is 11.9. The summed E-state index contributed by atoms with van der Waals surface area (Å²) in [6.07, 6.45) is 0. The molecule has 1 aromatic heterocycles. The number of oxazole rings is 1. The van der Waals surface area contributed by atoms with Gasteiger partial charge in [0.2, 0.25) is 0 Å². The number of aromatic carboxylic acids is 1. The van der Waals surface area contributed by atoms with Gasteiger partial charge in [0, 0.05) is 5.69 Å². The number of anilines is 2. The van der Waals surface area contributed by atoms with Crippen molar-refractivity contribution in [3.05, 3.63) is 53.6 Å². The predicted molar refractivity (Wildman–Crippen MR) is 75.4 cm³/mol. The molecule has 2 aromatic carbocycles. The van der Waals surface area contributed by atoms with Crippen LogP contribution in [0.5, 0.6) is 0 Å².